The van der Waals surface area contributed by atoms with Gasteiger partial charge in [0, 0.05) is 38.4 Å². The van der Waals surface area contributed by atoms with E-state index in [-0.39, 0.29) is 28.9 Å². The zero-order valence-electron chi connectivity index (χ0n) is 17.8. The Balaban J connectivity index is 0.00000341. The summed E-state index contributed by atoms with van der Waals surface area (Å²) in [6.45, 7) is 6.63. The fourth-order valence-corrected chi connectivity index (χ4v) is 3.97. The van der Waals surface area contributed by atoms with Gasteiger partial charge in [-0.2, -0.15) is 0 Å². The molecule has 1 aliphatic rings. The molecule has 0 aromatic heterocycles. The quantitative estimate of drug-likeness (QED) is 0.320. The minimum atomic E-state index is -3.72. The number of hydrogen-bond donors (Lipinski definition) is 2. The molecule has 0 unspecified atom stereocenters. The number of hydrogen-bond acceptors (Lipinski definition) is 5. The lowest BCUT2D eigenvalue weighted by Gasteiger charge is -2.37. The molecule has 31 heavy (non-hydrogen) atoms. The average Bonchev–Trinajstić information content (AvgIpc) is 2.76. The molecule has 1 saturated heterocycles. The molecular weight excluding hydrogens is 529 g/mol. The first kappa shape index (κ1) is 25.2. The number of rotatable bonds is 6. The number of methoxy groups -OCH3 is 1. The standard InChI is InChI=1S/C21H29N5O3S.HI/c1-3-23-21(24-16-17-5-4-6-20(15-17)30(22,27)28)26-13-11-25(12-14-26)18-7-9-19(29-2)10-8-18;/h4-10,15H,3,11-14,16H2,1-2H3,(H,23,24)(H2,22,27,28);1H. The molecule has 0 atom stereocenters. The van der Waals surface area contributed by atoms with Crippen LogP contribution in [0.15, 0.2) is 58.4 Å². The van der Waals surface area contributed by atoms with Crippen LogP contribution < -0.4 is 20.1 Å². The van der Waals surface area contributed by atoms with E-state index in [9.17, 15) is 8.42 Å². The molecule has 1 aliphatic heterocycles. The van der Waals surface area contributed by atoms with Crippen LogP contribution in [0.1, 0.15) is 12.5 Å². The topological polar surface area (TPSA) is 100 Å². The molecule has 0 radical (unpaired) electrons. The van der Waals surface area contributed by atoms with Crippen molar-refractivity contribution in [3.8, 4) is 5.75 Å². The Kier molecular flexibility index (Phi) is 9.38. The number of halogens is 1. The summed E-state index contributed by atoms with van der Waals surface area (Å²) in [5.74, 6) is 1.68. The molecule has 2 aromatic rings. The number of benzene rings is 2. The van der Waals surface area contributed by atoms with E-state index in [2.05, 4.69) is 27.2 Å². The number of aliphatic imine (C=N–C) groups is 1. The molecule has 3 N–H and O–H groups in total. The van der Waals surface area contributed by atoms with Crippen molar-refractivity contribution in [2.75, 3.05) is 44.7 Å². The number of anilines is 1. The van der Waals surface area contributed by atoms with Gasteiger partial charge < -0.3 is 19.9 Å². The van der Waals surface area contributed by atoms with Crippen molar-refractivity contribution < 1.29 is 13.2 Å². The SMILES string of the molecule is CCNC(=NCc1cccc(S(N)(=O)=O)c1)N1CCN(c2ccc(OC)cc2)CC1.I. The van der Waals surface area contributed by atoms with E-state index in [1.807, 2.05) is 25.1 Å². The summed E-state index contributed by atoms with van der Waals surface area (Å²) in [4.78, 5) is 9.39. The Bertz CT molecular complexity index is 975. The molecule has 2 aromatic carbocycles. The van der Waals surface area contributed by atoms with Crippen LogP contribution in [0.3, 0.4) is 0 Å². The zero-order chi connectivity index (χ0) is 21.6. The maximum Gasteiger partial charge on any atom is 0.238 e. The molecule has 170 valence electrons. The number of guanidine groups is 1. The molecule has 0 spiro atoms. The third kappa shape index (κ3) is 6.97. The van der Waals surface area contributed by atoms with Crippen LogP contribution in [0.4, 0.5) is 5.69 Å². The van der Waals surface area contributed by atoms with Gasteiger partial charge in [-0.15, -0.1) is 24.0 Å². The Morgan fingerprint density at radius 3 is 2.39 bits per heavy atom. The van der Waals surface area contributed by atoms with Gasteiger partial charge in [-0.25, -0.2) is 18.5 Å². The highest BCUT2D eigenvalue weighted by molar-refractivity contribution is 14.0. The molecule has 3 rings (SSSR count). The Morgan fingerprint density at radius 1 is 1.13 bits per heavy atom. The van der Waals surface area contributed by atoms with Crippen molar-refractivity contribution in [3.05, 3.63) is 54.1 Å². The van der Waals surface area contributed by atoms with E-state index < -0.39 is 10.0 Å². The number of nitrogens with two attached hydrogens (primary N) is 1. The first-order chi connectivity index (χ1) is 14.4. The van der Waals surface area contributed by atoms with Gasteiger partial charge in [0.25, 0.3) is 0 Å². The average molecular weight is 559 g/mol. The van der Waals surface area contributed by atoms with E-state index >= 15 is 0 Å². The van der Waals surface area contributed by atoms with E-state index in [0.29, 0.717) is 6.54 Å². The monoisotopic (exact) mass is 559 g/mol. The third-order valence-corrected chi connectivity index (χ3v) is 5.90. The third-order valence-electron chi connectivity index (χ3n) is 4.99. The van der Waals surface area contributed by atoms with Gasteiger partial charge in [-0.3, -0.25) is 0 Å². The highest BCUT2D eigenvalue weighted by Gasteiger charge is 2.20. The number of nitrogens with one attached hydrogen (secondary N) is 1. The van der Waals surface area contributed by atoms with E-state index in [1.165, 1.54) is 11.8 Å². The van der Waals surface area contributed by atoms with Crippen molar-refractivity contribution in [3.63, 3.8) is 0 Å². The van der Waals surface area contributed by atoms with Gasteiger partial charge in [0.1, 0.15) is 5.75 Å². The highest BCUT2D eigenvalue weighted by Crippen LogP contribution is 2.20. The first-order valence-corrected chi connectivity index (χ1v) is 11.5. The van der Waals surface area contributed by atoms with Crippen LogP contribution in [0.2, 0.25) is 0 Å². The minimum absolute atomic E-state index is 0. The Hall–Kier alpha value is -2.05. The summed E-state index contributed by atoms with van der Waals surface area (Å²) in [5, 5.41) is 8.56. The summed E-state index contributed by atoms with van der Waals surface area (Å²) in [6, 6.07) is 14.7. The zero-order valence-corrected chi connectivity index (χ0v) is 21.0. The summed E-state index contributed by atoms with van der Waals surface area (Å²) in [7, 11) is -2.05. The van der Waals surface area contributed by atoms with E-state index in [0.717, 1.165) is 50.0 Å². The summed E-state index contributed by atoms with van der Waals surface area (Å²) in [5.41, 5.74) is 1.98. The lowest BCUT2D eigenvalue weighted by atomic mass is 10.2. The molecule has 10 heteroatoms. The lowest BCUT2D eigenvalue weighted by Crippen LogP contribution is -2.52. The van der Waals surface area contributed by atoms with Gasteiger partial charge >= 0.3 is 0 Å². The molecule has 0 bridgehead atoms. The summed E-state index contributed by atoms with van der Waals surface area (Å²) in [6.07, 6.45) is 0. The molecule has 8 nitrogen and oxygen atoms in total. The maximum atomic E-state index is 11.6. The molecule has 1 fully saturated rings. The van der Waals surface area contributed by atoms with Crippen LogP contribution in [0, 0.1) is 0 Å². The van der Waals surface area contributed by atoms with Crippen molar-refractivity contribution in [1.29, 1.82) is 0 Å². The van der Waals surface area contributed by atoms with Gasteiger partial charge in [0.05, 0.1) is 18.6 Å². The molecule has 1 heterocycles. The van der Waals surface area contributed by atoms with Crippen molar-refractivity contribution in [2.45, 2.75) is 18.4 Å². The second-order valence-corrected chi connectivity index (χ2v) is 8.60. The number of nitrogens with zero attached hydrogens (tertiary/aromatic N) is 3. The number of primary sulfonamides is 1. The van der Waals surface area contributed by atoms with Gasteiger partial charge in [-0.1, -0.05) is 12.1 Å². The van der Waals surface area contributed by atoms with Gasteiger partial charge in [0.2, 0.25) is 10.0 Å². The van der Waals surface area contributed by atoms with Crippen molar-refractivity contribution in [2.24, 2.45) is 10.1 Å². The molecule has 0 amide bonds. The lowest BCUT2D eigenvalue weighted by molar-refractivity contribution is 0.372. The number of sulfonamides is 1. The fourth-order valence-electron chi connectivity index (χ4n) is 3.38. The second-order valence-electron chi connectivity index (χ2n) is 7.03. The highest BCUT2D eigenvalue weighted by atomic mass is 127. The van der Waals surface area contributed by atoms with Crippen molar-refractivity contribution >= 4 is 45.6 Å². The molecule has 0 aliphatic carbocycles. The predicted octanol–water partition coefficient (Wildman–Crippen LogP) is 2.25. The smallest absolute Gasteiger partial charge is 0.238 e. The first-order valence-electron chi connectivity index (χ1n) is 9.94. The largest absolute Gasteiger partial charge is 0.497 e. The summed E-state index contributed by atoms with van der Waals surface area (Å²) >= 11 is 0. The second kappa shape index (κ2) is 11.5. The Morgan fingerprint density at radius 2 is 1.81 bits per heavy atom. The van der Waals surface area contributed by atoms with Crippen molar-refractivity contribution in [1.82, 2.24) is 10.2 Å². The van der Waals surface area contributed by atoms with E-state index in [4.69, 9.17) is 14.9 Å². The van der Waals surface area contributed by atoms with Crippen LogP contribution in [0.25, 0.3) is 0 Å². The van der Waals surface area contributed by atoms with Crippen LogP contribution in [-0.2, 0) is 16.6 Å². The van der Waals surface area contributed by atoms with Crippen LogP contribution >= 0.6 is 24.0 Å². The minimum Gasteiger partial charge on any atom is -0.497 e. The maximum absolute atomic E-state index is 11.6. The molecule has 0 saturated carbocycles. The van der Waals surface area contributed by atoms with E-state index in [1.54, 1.807) is 19.2 Å². The summed E-state index contributed by atoms with van der Waals surface area (Å²) < 4.78 is 28.4. The normalized spacial score (nSPS) is 14.7. The number of piperazine rings is 1. The predicted molar refractivity (Wildman–Crippen MR) is 135 cm³/mol. The Labute approximate surface area is 201 Å². The van der Waals surface area contributed by atoms with Gasteiger partial charge in [0.15, 0.2) is 5.96 Å². The molecular formula is C21H30IN5O3S. The van der Waals surface area contributed by atoms with Crippen LogP contribution in [0.5, 0.6) is 5.75 Å². The number of ether oxygens (including phenoxy) is 1. The fraction of sp³-hybridized carbons (Fsp3) is 0.381. The van der Waals surface area contributed by atoms with Gasteiger partial charge in [-0.05, 0) is 48.9 Å². The van der Waals surface area contributed by atoms with Crippen LogP contribution in [-0.4, -0.2) is 59.1 Å².